The summed E-state index contributed by atoms with van der Waals surface area (Å²) in [6, 6.07) is 0. The third-order valence-corrected chi connectivity index (χ3v) is 7.36. The van der Waals surface area contributed by atoms with Gasteiger partial charge in [0.05, 0.1) is 5.75 Å². The largest absolute Gasteiger partial charge is 0.616 e. The smallest absolute Gasteiger partial charge is 0.265 e. The molecule has 5 nitrogen and oxygen atoms in total. The Hall–Kier alpha value is 0.530. The van der Waals surface area contributed by atoms with Crippen LogP contribution >= 0.6 is 0 Å². The van der Waals surface area contributed by atoms with Gasteiger partial charge in [-0.3, -0.25) is 4.55 Å². The zero-order chi connectivity index (χ0) is 18.3. The van der Waals surface area contributed by atoms with Gasteiger partial charge in [-0.25, -0.2) is 0 Å². The molecule has 0 aliphatic carbocycles. The number of rotatable bonds is 11. The molecular formula is C15H32O5S3. The minimum atomic E-state index is -4.02. The van der Waals surface area contributed by atoms with Crippen LogP contribution in [0.25, 0.3) is 0 Å². The van der Waals surface area contributed by atoms with Gasteiger partial charge in [0.2, 0.25) is 0 Å². The Morgan fingerprint density at radius 2 is 1.30 bits per heavy atom. The van der Waals surface area contributed by atoms with Crippen molar-refractivity contribution >= 4 is 32.5 Å². The zero-order valence-corrected chi connectivity index (χ0v) is 17.4. The van der Waals surface area contributed by atoms with Gasteiger partial charge in [0, 0.05) is 6.42 Å². The lowest BCUT2D eigenvalue weighted by Gasteiger charge is -2.23. The van der Waals surface area contributed by atoms with E-state index >= 15 is 0 Å². The molecule has 0 heterocycles. The average molecular weight is 389 g/mol. The van der Waals surface area contributed by atoms with Crippen LogP contribution in [-0.4, -0.2) is 50.8 Å². The van der Waals surface area contributed by atoms with Crippen LogP contribution in [-0.2, 0) is 32.5 Å². The summed E-state index contributed by atoms with van der Waals surface area (Å²) in [6.45, 7) is 9.83. The lowest BCUT2D eigenvalue weighted by molar-refractivity contribution is 0.377. The van der Waals surface area contributed by atoms with E-state index in [-0.39, 0.29) is 11.2 Å². The molecule has 23 heavy (non-hydrogen) atoms. The molecule has 0 saturated heterocycles. The first-order valence-corrected chi connectivity index (χ1v) is 12.4. The van der Waals surface area contributed by atoms with Gasteiger partial charge < -0.3 is 9.11 Å². The minimum Gasteiger partial charge on any atom is -0.616 e. The number of hydrogen-bond acceptors (Lipinski definition) is 4. The Labute approximate surface area is 148 Å². The highest BCUT2D eigenvalue weighted by atomic mass is 32.2. The van der Waals surface area contributed by atoms with Gasteiger partial charge in [0.25, 0.3) is 10.1 Å². The second kappa shape index (κ2) is 9.87. The van der Waals surface area contributed by atoms with Crippen molar-refractivity contribution in [1.82, 2.24) is 0 Å². The Bertz CT molecular complexity index is 429. The molecule has 0 aliphatic heterocycles. The van der Waals surface area contributed by atoms with Crippen LogP contribution in [0.5, 0.6) is 0 Å². The number of hydrogen-bond donors (Lipinski definition) is 1. The van der Waals surface area contributed by atoms with E-state index < -0.39 is 37.9 Å². The summed E-state index contributed by atoms with van der Waals surface area (Å²) in [7, 11) is -4.02. The van der Waals surface area contributed by atoms with Gasteiger partial charge in [-0.2, -0.15) is 8.42 Å². The first-order valence-electron chi connectivity index (χ1n) is 7.85. The SMILES string of the molecule is CC(C)(C)CC[S+]([O-])CCC[S+]([O-])CCC(C)(C)CS(=O)(=O)O. The average Bonchev–Trinajstić information content (AvgIpc) is 2.30. The molecule has 8 heteroatoms. The van der Waals surface area contributed by atoms with E-state index in [0.717, 1.165) is 6.42 Å². The summed E-state index contributed by atoms with van der Waals surface area (Å²) in [5.74, 6) is 1.81. The predicted octanol–water partition coefficient (Wildman–Crippen LogP) is 2.61. The molecule has 2 atom stereocenters. The summed E-state index contributed by atoms with van der Waals surface area (Å²) >= 11 is -1.91. The van der Waals surface area contributed by atoms with Gasteiger partial charge in [-0.15, -0.1) is 0 Å². The highest BCUT2D eigenvalue weighted by Crippen LogP contribution is 2.23. The second-order valence-electron chi connectivity index (χ2n) is 8.00. The molecule has 2 unspecified atom stereocenters. The van der Waals surface area contributed by atoms with Crippen molar-refractivity contribution in [2.24, 2.45) is 10.8 Å². The van der Waals surface area contributed by atoms with Crippen molar-refractivity contribution < 1.29 is 22.1 Å². The van der Waals surface area contributed by atoms with E-state index in [2.05, 4.69) is 20.8 Å². The molecule has 0 radical (unpaired) electrons. The lowest BCUT2D eigenvalue weighted by atomic mass is 9.93. The molecule has 0 aromatic carbocycles. The van der Waals surface area contributed by atoms with Crippen molar-refractivity contribution in [3.05, 3.63) is 0 Å². The van der Waals surface area contributed by atoms with E-state index in [1.807, 2.05) is 0 Å². The third kappa shape index (κ3) is 15.8. The van der Waals surface area contributed by atoms with Crippen LogP contribution in [0.3, 0.4) is 0 Å². The van der Waals surface area contributed by atoms with Crippen molar-refractivity contribution in [2.75, 3.05) is 28.8 Å². The normalized spacial score (nSPS) is 16.3. The molecule has 0 rings (SSSR count). The van der Waals surface area contributed by atoms with E-state index in [0.29, 0.717) is 35.9 Å². The van der Waals surface area contributed by atoms with Crippen LogP contribution in [0.1, 0.15) is 53.9 Å². The van der Waals surface area contributed by atoms with Gasteiger partial charge in [0.15, 0.2) is 0 Å². The molecule has 0 fully saturated rings. The van der Waals surface area contributed by atoms with Crippen molar-refractivity contribution in [3.63, 3.8) is 0 Å². The summed E-state index contributed by atoms with van der Waals surface area (Å²) in [6.07, 6.45) is 2.03. The Balaban J connectivity index is 3.93. The fourth-order valence-electron chi connectivity index (χ4n) is 1.96. The standard InChI is InChI=1S/C15H32O5S3/c1-14(2,3)7-11-21(16)9-6-10-22(17)12-8-15(4,5)13-23(18,19)20/h6-13H2,1-5H3,(H,18,19,20). The van der Waals surface area contributed by atoms with Crippen molar-refractivity contribution in [1.29, 1.82) is 0 Å². The molecule has 0 aliphatic rings. The predicted molar refractivity (Wildman–Crippen MR) is 99.3 cm³/mol. The van der Waals surface area contributed by atoms with Gasteiger partial charge >= 0.3 is 0 Å². The van der Waals surface area contributed by atoms with Gasteiger partial charge in [0.1, 0.15) is 23.0 Å². The Morgan fingerprint density at radius 1 is 0.870 bits per heavy atom. The molecular weight excluding hydrogens is 356 g/mol. The minimum absolute atomic E-state index is 0.178. The maximum atomic E-state index is 12.0. The van der Waals surface area contributed by atoms with Crippen LogP contribution < -0.4 is 0 Å². The first-order chi connectivity index (χ1) is 10.2. The van der Waals surface area contributed by atoms with Crippen LogP contribution in [0.2, 0.25) is 0 Å². The molecule has 1 N–H and O–H groups in total. The van der Waals surface area contributed by atoms with E-state index in [1.54, 1.807) is 13.8 Å². The molecule has 140 valence electrons. The van der Waals surface area contributed by atoms with E-state index in [4.69, 9.17) is 4.55 Å². The zero-order valence-electron chi connectivity index (χ0n) is 15.0. The van der Waals surface area contributed by atoms with E-state index in [1.165, 1.54) is 0 Å². The third-order valence-electron chi connectivity index (χ3n) is 3.40. The summed E-state index contributed by atoms with van der Waals surface area (Å²) in [5.41, 5.74) is -0.421. The quantitative estimate of drug-likeness (QED) is 0.433. The molecule has 0 amide bonds. The Morgan fingerprint density at radius 3 is 1.70 bits per heavy atom. The van der Waals surface area contributed by atoms with Crippen molar-refractivity contribution in [3.8, 4) is 0 Å². The highest BCUT2D eigenvalue weighted by Gasteiger charge is 2.27. The van der Waals surface area contributed by atoms with Crippen LogP contribution in [0.4, 0.5) is 0 Å². The molecule has 0 aromatic rings. The first kappa shape index (κ1) is 23.5. The van der Waals surface area contributed by atoms with Crippen LogP contribution in [0.15, 0.2) is 0 Å². The van der Waals surface area contributed by atoms with E-state index in [9.17, 15) is 17.5 Å². The molecule has 0 saturated carbocycles. The summed E-state index contributed by atoms with van der Waals surface area (Å²) in [4.78, 5) is 0. The fraction of sp³-hybridized carbons (Fsp3) is 1.00. The monoisotopic (exact) mass is 388 g/mol. The second-order valence-corrected chi connectivity index (χ2v) is 12.8. The molecule has 0 bridgehead atoms. The van der Waals surface area contributed by atoms with Crippen molar-refractivity contribution in [2.45, 2.75) is 53.9 Å². The topological polar surface area (TPSA) is 100 Å². The maximum Gasteiger partial charge on any atom is 0.265 e. The molecule has 0 aromatic heterocycles. The van der Waals surface area contributed by atoms with Crippen LogP contribution in [0, 0.1) is 10.8 Å². The highest BCUT2D eigenvalue weighted by molar-refractivity contribution is 7.92. The lowest BCUT2D eigenvalue weighted by Crippen LogP contribution is -2.27. The molecule has 0 spiro atoms. The maximum absolute atomic E-state index is 12.0. The summed E-state index contributed by atoms with van der Waals surface area (Å²) < 4.78 is 54.5. The fourth-order valence-corrected chi connectivity index (χ4v) is 6.24. The Kier molecular flexibility index (Phi) is 10.1. The van der Waals surface area contributed by atoms with Gasteiger partial charge in [-0.05, 0) is 23.7 Å². The van der Waals surface area contributed by atoms with Gasteiger partial charge in [-0.1, -0.05) is 57.0 Å². The summed E-state index contributed by atoms with van der Waals surface area (Å²) in [5, 5.41) is 0.